The Kier molecular flexibility index (Phi) is 6.19. The molecule has 1 N–H and O–H groups in total. The van der Waals surface area contributed by atoms with E-state index in [9.17, 15) is 13.2 Å². The molecule has 0 atom stereocenters. The van der Waals surface area contributed by atoms with Crippen LogP contribution in [0.5, 0.6) is 0 Å². The van der Waals surface area contributed by atoms with Crippen molar-refractivity contribution in [2.45, 2.75) is 32.0 Å². The smallest absolute Gasteiger partial charge is 0.272 e. The van der Waals surface area contributed by atoms with E-state index >= 15 is 0 Å². The number of aryl methyl sites for hydroxylation is 1. The number of nitrogens with one attached hydrogen (secondary N) is 1. The zero-order chi connectivity index (χ0) is 21.4. The Morgan fingerprint density at radius 2 is 1.83 bits per heavy atom. The SMILES string of the molecule is Cc1ccc(Cl)cc1N1CCN(S(=O)(=O)c2nnc(NC(=O)C(C)(C)C)s2)CC1. The van der Waals surface area contributed by atoms with E-state index in [1.807, 2.05) is 25.1 Å². The van der Waals surface area contributed by atoms with Crippen LogP contribution >= 0.6 is 22.9 Å². The van der Waals surface area contributed by atoms with Crippen molar-refractivity contribution < 1.29 is 13.2 Å². The summed E-state index contributed by atoms with van der Waals surface area (Å²) in [6.07, 6.45) is 0. The van der Waals surface area contributed by atoms with E-state index in [1.165, 1.54) is 4.31 Å². The average molecular weight is 458 g/mol. The van der Waals surface area contributed by atoms with Crippen LogP contribution in [0, 0.1) is 12.3 Å². The van der Waals surface area contributed by atoms with Gasteiger partial charge in [-0.15, -0.1) is 10.2 Å². The second kappa shape index (κ2) is 8.17. The summed E-state index contributed by atoms with van der Waals surface area (Å²) in [5.74, 6) is -0.247. The van der Waals surface area contributed by atoms with E-state index in [0.29, 0.717) is 31.2 Å². The molecule has 1 saturated heterocycles. The van der Waals surface area contributed by atoms with E-state index in [2.05, 4.69) is 20.4 Å². The highest BCUT2D eigenvalue weighted by Gasteiger charge is 2.32. The number of carbonyl (C=O) groups excluding carboxylic acids is 1. The van der Waals surface area contributed by atoms with Gasteiger partial charge in [-0.3, -0.25) is 4.79 Å². The van der Waals surface area contributed by atoms with Crippen LogP contribution in [0.25, 0.3) is 0 Å². The lowest BCUT2D eigenvalue weighted by molar-refractivity contribution is -0.123. The molecule has 1 aromatic heterocycles. The normalized spacial score (nSPS) is 16.1. The molecule has 2 heterocycles. The molecule has 29 heavy (non-hydrogen) atoms. The summed E-state index contributed by atoms with van der Waals surface area (Å²) in [4.78, 5) is 14.2. The van der Waals surface area contributed by atoms with Crippen molar-refractivity contribution in [2.24, 2.45) is 5.41 Å². The Morgan fingerprint density at radius 1 is 1.17 bits per heavy atom. The number of hydrogen-bond acceptors (Lipinski definition) is 7. The number of carbonyl (C=O) groups is 1. The number of hydrogen-bond donors (Lipinski definition) is 1. The van der Waals surface area contributed by atoms with Crippen molar-refractivity contribution in [2.75, 3.05) is 36.4 Å². The number of benzene rings is 1. The molecule has 158 valence electrons. The number of sulfonamides is 1. The highest BCUT2D eigenvalue weighted by Crippen LogP contribution is 2.28. The molecule has 0 aliphatic carbocycles. The minimum absolute atomic E-state index is 0.117. The first-order valence-corrected chi connectivity index (χ1v) is 11.8. The van der Waals surface area contributed by atoms with Gasteiger partial charge >= 0.3 is 0 Å². The molecule has 1 aliphatic heterocycles. The monoisotopic (exact) mass is 457 g/mol. The van der Waals surface area contributed by atoms with Gasteiger partial charge in [0.2, 0.25) is 15.4 Å². The fourth-order valence-electron chi connectivity index (χ4n) is 2.85. The Morgan fingerprint density at radius 3 is 2.45 bits per heavy atom. The third kappa shape index (κ3) is 4.88. The summed E-state index contributed by atoms with van der Waals surface area (Å²) in [5.41, 5.74) is 1.49. The standard InChI is InChI=1S/C18H24ClN5O3S2/c1-12-5-6-13(19)11-14(12)23-7-9-24(10-8-23)29(26,27)17-22-21-16(28-17)20-15(25)18(2,3)4/h5-6,11H,7-10H2,1-4H3,(H,20,21,25). The molecular formula is C18H24ClN5O3S2. The van der Waals surface area contributed by atoms with Crippen LogP contribution in [-0.2, 0) is 14.8 Å². The molecule has 3 rings (SSSR count). The quantitative estimate of drug-likeness (QED) is 0.709. The molecular weight excluding hydrogens is 434 g/mol. The molecule has 11 heteroatoms. The molecule has 2 aromatic rings. The van der Waals surface area contributed by atoms with Crippen molar-refractivity contribution in [3.8, 4) is 0 Å². The predicted molar refractivity (Wildman–Crippen MR) is 115 cm³/mol. The number of anilines is 2. The van der Waals surface area contributed by atoms with Gasteiger partial charge in [0.15, 0.2) is 0 Å². The molecule has 0 bridgehead atoms. The van der Waals surface area contributed by atoms with Gasteiger partial charge in [0, 0.05) is 42.3 Å². The number of rotatable bonds is 4. The Bertz CT molecular complexity index is 1010. The lowest BCUT2D eigenvalue weighted by atomic mass is 9.96. The van der Waals surface area contributed by atoms with Crippen molar-refractivity contribution in [1.29, 1.82) is 0 Å². The third-order valence-corrected chi connectivity index (χ3v) is 7.94. The largest absolute Gasteiger partial charge is 0.369 e. The van der Waals surface area contributed by atoms with Crippen molar-refractivity contribution in [3.05, 3.63) is 28.8 Å². The van der Waals surface area contributed by atoms with Crippen LogP contribution in [0.3, 0.4) is 0 Å². The van der Waals surface area contributed by atoms with Crippen LogP contribution in [0.15, 0.2) is 22.5 Å². The van der Waals surface area contributed by atoms with Gasteiger partial charge in [-0.1, -0.05) is 49.8 Å². The summed E-state index contributed by atoms with van der Waals surface area (Å²) in [5, 5.41) is 11.1. The molecule has 1 aromatic carbocycles. The minimum atomic E-state index is -3.76. The number of amides is 1. The second-order valence-corrected chi connectivity index (χ2v) is 11.4. The van der Waals surface area contributed by atoms with Gasteiger partial charge in [0.1, 0.15) is 0 Å². The maximum Gasteiger partial charge on any atom is 0.272 e. The molecule has 0 unspecified atom stereocenters. The van der Waals surface area contributed by atoms with Gasteiger partial charge < -0.3 is 10.2 Å². The number of nitrogens with zero attached hydrogens (tertiary/aromatic N) is 4. The van der Waals surface area contributed by atoms with Crippen molar-refractivity contribution in [1.82, 2.24) is 14.5 Å². The highest BCUT2D eigenvalue weighted by molar-refractivity contribution is 7.91. The Balaban J connectivity index is 1.69. The van der Waals surface area contributed by atoms with E-state index in [1.54, 1.807) is 20.8 Å². The van der Waals surface area contributed by atoms with Gasteiger partial charge in [-0.05, 0) is 24.6 Å². The van der Waals surface area contributed by atoms with Crippen LogP contribution in [0.2, 0.25) is 5.02 Å². The van der Waals surface area contributed by atoms with Gasteiger partial charge in [-0.2, -0.15) is 4.31 Å². The lowest BCUT2D eigenvalue weighted by Gasteiger charge is -2.35. The Labute approximate surface area is 179 Å². The molecule has 1 amide bonds. The number of halogens is 1. The van der Waals surface area contributed by atoms with Gasteiger partial charge in [0.05, 0.1) is 0 Å². The molecule has 1 fully saturated rings. The summed E-state index contributed by atoms with van der Waals surface area (Å²) in [7, 11) is -3.76. The lowest BCUT2D eigenvalue weighted by Crippen LogP contribution is -2.48. The molecule has 1 aliphatic rings. The van der Waals surface area contributed by atoms with E-state index < -0.39 is 15.4 Å². The average Bonchev–Trinajstić information content (AvgIpc) is 3.12. The van der Waals surface area contributed by atoms with E-state index in [-0.39, 0.29) is 15.4 Å². The molecule has 0 radical (unpaired) electrons. The molecule has 0 spiro atoms. The van der Waals surface area contributed by atoms with Crippen LogP contribution in [0.1, 0.15) is 26.3 Å². The van der Waals surface area contributed by atoms with Crippen LogP contribution < -0.4 is 10.2 Å². The third-order valence-electron chi connectivity index (χ3n) is 4.62. The first-order valence-electron chi connectivity index (χ1n) is 9.15. The molecule has 0 saturated carbocycles. The maximum atomic E-state index is 12.9. The summed E-state index contributed by atoms with van der Waals surface area (Å²) in [6, 6.07) is 5.69. The van der Waals surface area contributed by atoms with Crippen molar-refractivity contribution in [3.63, 3.8) is 0 Å². The first-order chi connectivity index (χ1) is 13.5. The zero-order valence-electron chi connectivity index (χ0n) is 16.8. The van der Waals surface area contributed by atoms with E-state index in [4.69, 9.17) is 11.6 Å². The summed E-state index contributed by atoms with van der Waals surface area (Å²) >= 11 is 6.97. The second-order valence-electron chi connectivity index (χ2n) is 7.90. The predicted octanol–water partition coefficient (Wildman–Crippen LogP) is 3.00. The maximum absolute atomic E-state index is 12.9. The fourth-order valence-corrected chi connectivity index (χ4v) is 5.47. The Hall–Kier alpha value is -1.75. The first kappa shape index (κ1) is 21.9. The van der Waals surface area contributed by atoms with Crippen LogP contribution in [-0.4, -0.2) is 55.0 Å². The van der Waals surface area contributed by atoms with Gasteiger partial charge in [-0.25, -0.2) is 8.42 Å². The highest BCUT2D eigenvalue weighted by atomic mass is 35.5. The summed E-state index contributed by atoms with van der Waals surface area (Å²) in [6.45, 7) is 9.06. The van der Waals surface area contributed by atoms with Crippen LogP contribution in [0.4, 0.5) is 10.8 Å². The summed E-state index contributed by atoms with van der Waals surface area (Å²) < 4.78 is 27.1. The minimum Gasteiger partial charge on any atom is -0.369 e. The fraction of sp³-hybridized carbons (Fsp3) is 0.500. The topological polar surface area (TPSA) is 95.5 Å². The zero-order valence-corrected chi connectivity index (χ0v) is 19.2. The number of piperazine rings is 1. The molecule has 8 nitrogen and oxygen atoms in total. The van der Waals surface area contributed by atoms with Crippen molar-refractivity contribution >= 4 is 49.7 Å². The van der Waals surface area contributed by atoms with Gasteiger partial charge in [0.25, 0.3) is 10.0 Å². The number of aromatic nitrogens is 2. The van der Waals surface area contributed by atoms with E-state index in [0.717, 1.165) is 22.6 Å².